The number of amides is 1. The first-order valence-electron chi connectivity index (χ1n) is 10.1. The second-order valence-electron chi connectivity index (χ2n) is 7.60. The topological polar surface area (TPSA) is 75.2 Å². The third-order valence-electron chi connectivity index (χ3n) is 5.59. The second-order valence-corrected chi connectivity index (χ2v) is 7.60. The van der Waals surface area contributed by atoms with E-state index in [1.165, 1.54) is 29.2 Å². The van der Waals surface area contributed by atoms with Gasteiger partial charge in [0.1, 0.15) is 11.6 Å². The Kier molecular flexibility index (Phi) is 5.79. The number of nitrogens with one attached hydrogen (secondary N) is 1. The summed E-state index contributed by atoms with van der Waals surface area (Å²) in [5, 5.41) is 2.42. The van der Waals surface area contributed by atoms with Gasteiger partial charge in [0, 0.05) is 29.3 Å². The maximum Gasteiger partial charge on any atom is 0.269 e. The van der Waals surface area contributed by atoms with Crippen LogP contribution in [0.5, 0.6) is 0 Å². The number of carbonyl (C=O) groups excluding carboxylic acids is 1. The predicted molar refractivity (Wildman–Crippen MR) is 111 cm³/mol. The molecule has 1 amide bonds. The molecule has 8 heteroatoms. The summed E-state index contributed by atoms with van der Waals surface area (Å²) in [5.74, 6) is -1.78. The lowest BCUT2D eigenvalue weighted by molar-refractivity contribution is 0.0660. The van der Waals surface area contributed by atoms with Crippen LogP contribution < -0.4 is 11.1 Å². The molecule has 6 nitrogen and oxygen atoms in total. The molecule has 1 aliphatic rings. The number of hydrogen-bond donors (Lipinski definition) is 1. The summed E-state index contributed by atoms with van der Waals surface area (Å²) in [6, 6.07) is 12.0. The lowest BCUT2D eigenvalue weighted by Crippen LogP contribution is -2.39. The highest BCUT2D eigenvalue weighted by molar-refractivity contribution is 5.95. The van der Waals surface area contributed by atoms with E-state index in [1.54, 1.807) is 18.2 Å². The molecule has 2 aromatic carbocycles. The van der Waals surface area contributed by atoms with Gasteiger partial charge in [-0.1, -0.05) is 25.0 Å². The Balaban J connectivity index is 1.71. The molecule has 0 atom stereocenters. The minimum absolute atomic E-state index is 0.130. The van der Waals surface area contributed by atoms with E-state index >= 15 is 0 Å². The van der Waals surface area contributed by atoms with Gasteiger partial charge in [-0.2, -0.15) is 0 Å². The van der Waals surface area contributed by atoms with Crippen LogP contribution in [0, 0.1) is 11.6 Å². The predicted octanol–water partition coefficient (Wildman–Crippen LogP) is 3.39. The first-order chi connectivity index (χ1) is 14.9. The van der Waals surface area contributed by atoms with Crippen molar-refractivity contribution in [1.29, 1.82) is 0 Å². The van der Waals surface area contributed by atoms with Crippen molar-refractivity contribution in [3.8, 4) is 5.69 Å². The highest BCUT2D eigenvalue weighted by atomic mass is 19.1. The van der Waals surface area contributed by atoms with Gasteiger partial charge in [0.25, 0.3) is 17.0 Å². The van der Waals surface area contributed by atoms with Gasteiger partial charge in [-0.05, 0) is 43.2 Å². The molecule has 3 aromatic rings. The van der Waals surface area contributed by atoms with Gasteiger partial charge >= 0.3 is 0 Å². The molecule has 1 aromatic heterocycles. The van der Waals surface area contributed by atoms with Crippen LogP contribution in [0.3, 0.4) is 0 Å². The Morgan fingerprint density at radius 2 is 1.68 bits per heavy atom. The summed E-state index contributed by atoms with van der Waals surface area (Å²) in [5.41, 5.74) is -0.485. The SMILES string of the molecule is O=C(c1cccc(-n2[nH]c(=O)ccc2=O)c1)N(Cc1c(F)cccc1F)C1CCCC1. The Labute approximate surface area is 176 Å². The van der Waals surface area contributed by atoms with E-state index in [4.69, 9.17) is 0 Å². The third-order valence-corrected chi connectivity index (χ3v) is 5.59. The molecule has 0 unspecified atom stereocenters. The first kappa shape index (κ1) is 20.7. The van der Waals surface area contributed by atoms with Gasteiger partial charge in [-0.25, -0.2) is 13.5 Å². The van der Waals surface area contributed by atoms with E-state index in [-0.39, 0.29) is 29.6 Å². The maximum absolute atomic E-state index is 14.3. The fourth-order valence-electron chi connectivity index (χ4n) is 4.00. The molecule has 0 radical (unpaired) electrons. The van der Waals surface area contributed by atoms with E-state index in [0.29, 0.717) is 5.69 Å². The molecule has 1 aliphatic carbocycles. The summed E-state index contributed by atoms with van der Waals surface area (Å²) >= 11 is 0. The van der Waals surface area contributed by atoms with Crippen molar-refractivity contribution >= 4 is 5.91 Å². The van der Waals surface area contributed by atoms with Crippen LogP contribution in [0.2, 0.25) is 0 Å². The first-order valence-corrected chi connectivity index (χ1v) is 10.1. The zero-order valence-electron chi connectivity index (χ0n) is 16.7. The van der Waals surface area contributed by atoms with Crippen molar-refractivity contribution in [3.05, 3.63) is 98.1 Å². The van der Waals surface area contributed by atoms with Gasteiger partial charge in [-0.3, -0.25) is 19.5 Å². The molecule has 0 bridgehead atoms. The van der Waals surface area contributed by atoms with Crippen LogP contribution in [-0.4, -0.2) is 26.6 Å². The quantitative estimate of drug-likeness (QED) is 0.681. The second kappa shape index (κ2) is 8.67. The molecular weight excluding hydrogens is 404 g/mol. The smallest absolute Gasteiger partial charge is 0.269 e. The van der Waals surface area contributed by atoms with Crippen molar-refractivity contribution in [2.24, 2.45) is 0 Å². The summed E-state index contributed by atoms with van der Waals surface area (Å²) in [7, 11) is 0. The minimum atomic E-state index is -0.696. The Bertz CT molecular complexity index is 1210. The molecule has 0 spiro atoms. The van der Waals surface area contributed by atoms with Crippen LogP contribution >= 0.6 is 0 Å². The third kappa shape index (κ3) is 4.33. The molecule has 31 heavy (non-hydrogen) atoms. The monoisotopic (exact) mass is 425 g/mol. The number of nitrogens with zero attached hydrogens (tertiary/aromatic N) is 2. The van der Waals surface area contributed by atoms with E-state index in [0.717, 1.165) is 42.5 Å². The van der Waals surface area contributed by atoms with Gasteiger partial charge in [0.15, 0.2) is 0 Å². The molecule has 160 valence electrons. The molecule has 0 aliphatic heterocycles. The molecule has 1 N–H and O–H groups in total. The van der Waals surface area contributed by atoms with Crippen LogP contribution in [0.25, 0.3) is 5.69 Å². The van der Waals surface area contributed by atoms with Gasteiger partial charge in [-0.15, -0.1) is 0 Å². The number of H-pyrrole nitrogens is 1. The largest absolute Gasteiger partial charge is 0.331 e. The number of aromatic amines is 1. The highest BCUT2D eigenvalue weighted by Crippen LogP contribution is 2.28. The number of hydrogen-bond acceptors (Lipinski definition) is 3. The lowest BCUT2D eigenvalue weighted by Gasteiger charge is -2.29. The fraction of sp³-hybridized carbons (Fsp3) is 0.261. The number of halogens is 2. The molecule has 1 saturated carbocycles. The summed E-state index contributed by atoms with van der Waals surface area (Å²) in [4.78, 5) is 38.7. The number of carbonyl (C=O) groups is 1. The van der Waals surface area contributed by atoms with Crippen molar-refractivity contribution < 1.29 is 13.6 Å². The Morgan fingerprint density at radius 3 is 2.39 bits per heavy atom. The zero-order chi connectivity index (χ0) is 22.0. The number of aromatic nitrogens is 2. The molecule has 4 rings (SSSR count). The zero-order valence-corrected chi connectivity index (χ0v) is 16.7. The summed E-state index contributed by atoms with van der Waals surface area (Å²) < 4.78 is 29.6. The van der Waals surface area contributed by atoms with Crippen molar-refractivity contribution in [2.45, 2.75) is 38.3 Å². The highest BCUT2D eigenvalue weighted by Gasteiger charge is 2.29. The van der Waals surface area contributed by atoms with Crippen molar-refractivity contribution in [3.63, 3.8) is 0 Å². The molecule has 0 saturated heterocycles. The number of benzene rings is 2. The van der Waals surface area contributed by atoms with Gasteiger partial charge in [0.05, 0.1) is 12.2 Å². The van der Waals surface area contributed by atoms with Crippen molar-refractivity contribution in [1.82, 2.24) is 14.7 Å². The van der Waals surface area contributed by atoms with Crippen LogP contribution in [0.15, 0.2) is 64.2 Å². The lowest BCUT2D eigenvalue weighted by atomic mass is 10.1. The maximum atomic E-state index is 14.3. The average Bonchev–Trinajstić information content (AvgIpc) is 3.29. The molecular formula is C23H21F2N3O3. The van der Waals surface area contributed by atoms with Gasteiger partial charge in [0.2, 0.25) is 0 Å². The van der Waals surface area contributed by atoms with Crippen LogP contribution in [-0.2, 0) is 6.54 Å². The Hall–Kier alpha value is -3.55. The standard InChI is InChI=1S/C23H21F2N3O3/c24-19-9-4-10-20(25)18(19)14-27(16-6-1-2-7-16)23(31)15-5-3-8-17(13-15)28-22(30)12-11-21(29)26-28/h3-5,8-13,16H,1-2,6-7,14H2,(H,26,29). The van der Waals surface area contributed by atoms with Crippen LogP contribution in [0.4, 0.5) is 8.78 Å². The fourth-order valence-corrected chi connectivity index (χ4v) is 4.00. The molecule has 1 fully saturated rings. The number of rotatable bonds is 5. The van der Waals surface area contributed by atoms with Crippen LogP contribution in [0.1, 0.15) is 41.6 Å². The van der Waals surface area contributed by atoms with E-state index in [2.05, 4.69) is 5.10 Å². The normalized spacial score (nSPS) is 14.0. The summed E-state index contributed by atoms with van der Waals surface area (Å²) in [6.45, 7) is -0.186. The molecule has 1 heterocycles. The van der Waals surface area contributed by atoms with Crippen molar-refractivity contribution in [2.75, 3.05) is 0 Å². The summed E-state index contributed by atoms with van der Waals surface area (Å²) in [6.07, 6.45) is 3.39. The van der Waals surface area contributed by atoms with E-state index in [1.807, 2.05) is 0 Å². The Morgan fingerprint density at radius 1 is 1.00 bits per heavy atom. The van der Waals surface area contributed by atoms with E-state index < -0.39 is 22.8 Å². The average molecular weight is 425 g/mol. The van der Waals surface area contributed by atoms with Gasteiger partial charge < -0.3 is 4.90 Å². The van der Waals surface area contributed by atoms with E-state index in [9.17, 15) is 23.2 Å². The minimum Gasteiger partial charge on any atom is -0.331 e.